The molecule has 0 saturated carbocycles. The molecule has 0 saturated heterocycles. The molecule has 1 aliphatic heterocycles. The number of nitrogens with zero attached hydrogens (tertiary/aromatic N) is 2. The Morgan fingerprint density at radius 2 is 1.19 bits per heavy atom. The van der Waals surface area contributed by atoms with Gasteiger partial charge < -0.3 is 9.80 Å². The van der Waals surface area contributed by atoms with Gasteiger partial charge >= 0.3 is 7.82 Å². The molecule has 0 N–H and O–H groups in total. The molecule has 0 aromatic heterocycles. The lowest BCUT2D eigenvalue weighted by molar-refractivity contribution is -0.0463. The van der Waals surface area contributed by atoms with Crippen LogP contribution in [-0.2, 0) is 18.1 Å². The van der Waals surface area contributed by atoms with E-state index in [0.717, 1.165) is 38.6 Å². The topological polar surface area (TPSA) is 51.2 Å². The fraction of sp³-hybridized carbons (Fsp3) is 0.917. The van der Waals surface area contributed by atoms with Gasteiger partial charge in [0.15, 0.2) is 0 Å². The average Bonchev–Trinajstić information content (AvgIpc) is 3.09. The SMILES string of the molecule is CCCCCCCCCCCCN1C=CN(C)C1OP(=O)(OCCCC)OCCCC. The number of phosphoric acid groups is 1. The summed E-state index contributed by atoms with van der Waals surface area (Å²) in [4.78, 5) is 4.03. The van der Waals surface area contributed by atoms with Crippen molar-refractivity contribution in [2.45, 2.75) is 117 Å². The van der Waals surface area contributed by atoms with E-state index in [1.807, 2.05) is 24.3 Å². The smallest absolute Gasteiger partial charge is 0.337 e. The molecule has 6 nitrogen and oxygen atoms in total. The van der Waals surface area contributed by atoms with Crippen LogP contribution < -0.4 is 0 Å². The van der Waals surface area contributed by atoms with Crippen LogP contribution in [0.1, 0.15) is 111 Å². The van der Waals surface area contributed by atoms with E-state index < -0.39 is 14.2 Å². The van der Waals surface area contributed by atoms with Crippen LogP contribution in [0.5, 0.6) is 0 Å². The molecule has 0 fully saturated rings. The van der Waals surface area contributed by atoms with Crippen molar-refractivity contribution in [3.63, 3.8) is 0 Å². The first-order valence-electron chi connectivity index (χ1n) is 12.8. The highest BCUT2D eigenvalue weighted by molar-refractivity contribution is 7.48. The summed E-state index contributed by atoms with van der Waals surface area (Å²) < 4.78 is 30.4. The van der Waals surface area contributed by atoms with E-state index in [4.69, 9.17) is 13.6 Å². The molecule has 1 aliphatic rings. The van der Waals surface area contributed by atoms with Crippen LogP contribution in [0.3, 0.4) is 0 Å². The first-order valence-corrected chi connectivity index (χ1v) is 14.3. The van der Waals surface area contributed by atoms with Crippen LogP contribution in [0.4, 0.5) is 0 Å². The first kappa shape index (κ1) is 28.5. The summed E-state index contributed by atoms with van der Waals surface area (Å²) in [6.45, 7) is 8.09. The molecule has 1 heterocycles. The van der Waals surface area contributed by atoms with Gasteiger partial charge in [-0.25, -0.2) is 9.09 Å². The van der Waals surface area contributed by atoms with Crippen molar-refractivity contribution in [3.8, 4) is 0 Å². The molecule has 0 aliphatic carbocycles. The number of hydrogen-bond donors (Lipinski definition) is 0. The Morgan fingerprint density at radius 3 is 1.71 bits per heavy atom. The fourth-order valence-corrected chi connectivity index (χ4v) is 4.93. The van der Waals surface area contributed by atoms with E-state index in [-0.39, 0.29) is 0 Å². The summed E-state index contributed by atoms with van der Waals surface area (Å²) in [5, 5.41) is 0. The molecule has 31 heavy (non-hydrogen) atoms. The van der Waals surface area contributed by atoms with E-state index in [2.05, 4.69) is 25.7 Å². The van der Waals surface area contributed by atoms with Gasteiger partial charge in [-0.15, -0.1) is 0 Å². The molecule has 1 unspecified atom stereocenters. The van der Waals surface area contributed by atoms with Gasteiger partial charge in [-0.3, -0.25) is 9.05 Å². The Bertz CT molecular complexity index is 490. The molecular weight excluding hydrogens is 411 g/mol. The van der Waals surface area contributed by atoms with Crippen molar-refractivity contribution in [1.29, 1.82) is 0 Å². The number of rotatable bonds is 21. The van der Waals surface area contributed by atoms with Gasteiger partial charge in [-0.2, -0.15) is 0 Å². The third kappa shape index (κ3) is 12.9. The lowest BCUT2D eigenvalue weighted by Crippen LogP contribution is -2.39. The maximum atomic E-state index is 13.2. The van der Waals surface area contributed by atoms with Gasteiger partial charge in [0.2, 0.25) is 6.35 Å². The highest BCUT2D eigenvalue weighted by Crippen LogP contribution is 2.52. The zero-order chi connectivity index (χ0) is 22.8. The molecule has 1 rings (SSSR count). The number of phosphoric ester groups is 1. The summed E-state index contributed by atoms with van der Waals surface area (Å²) >= 11 is 0. The normalized spacial score (nSPS) is 16.6. The summed E-state index contributed by atoms with van der Waals surface area (Å²) in [7, 11) is -1.66. The molecule has 7 heteroatoms. The zero-order valence-corrected chi connectivity index (χ0v) is 21.6. The molecule has 184 valence electrons. The van der Waals surface area contributed by atoms with Crippen molar-refractivity contribution in [1.82, 2.24) is 9.80 Å². The minimum atomic E-state index is -3.59. The summed E-state index contributed by atoms with van der Waals surface area (Å²) in [6.07, 6.45) is 20.3. The quantitative estimate of drug-likeness (QED) is 0.129. The van der Waals surface area contributed by atoms with Crippen LogP contribution in [0, 0.1) is 0 Å². The van der Waals surface area contributed by atoms with Crippen molar-refractivity contribution in [2.75, 3.05) is 26.8 Å². The Balaban J connectivity index is 2.37. The predicted molar refractivity (Wildman–Crippen MR) is 130 cm³/mol. The average molecular weight is 461 g/mol. The van der Waals surface area contributed by atoms with Crippen LogP contribution in [0.15, 0.2) is 12.4 Å². The summed E-state index contributed by atoms with van der Waals surface area (Å²) in [5.41, 5.74) is 0. The van der Waals surface area contributed by atoms with Gasteiger partial charge in [0.05, 0.1) is 13.2 Å². The summed E-state index contributed by atoms with van der Waals surface area (Å²) in [5.74, 6) is 0. The highest BCUT2D eigenvalue weighted by Gasteiger charge is 2.36. The van der Waals surface area contributed by atoms with Crippen LogP contribution in [0.25, 0.3) is 0 Å². The van der Waals surface area contributed by atoms with E-state index in [0.29, 0.717) is 13.2 Å². The maximum Gasteiger partial charge on any atom is 0.478 e. The monoisotopic (exact) mass is 460 g/mol. The van der Waals surface area contributed by atoms with Crippen molar-refractivity contribution >= 4 is 7.82 Å². The van der Waals surface area contributed by atoms with Crippen LogP contribution in [0.2, 0.25) is 0 Å². The minimum absolute atomic E-state index is 0.391. The van der Waals surface area contributed by atoms with E-state index in [9.17, 15) is 4.57 Å². The van der Waals surface area contributed by atoms with E-state index in [1.165, 1.54) is 57.8 Å². The van der Waals surface area contributed by atoms with Gasteiger partial charge in [0.1, 0.15) is 0 Å². The Kier molecular flexibility index (Phi) is 16.5. The molecule has 0 radical (unpaired) electrons. The number of hydrogen-bond acceptors (Lipinski definition) is 6. The van der Waals surface area contributed by atoms with Crippen molar-refractivity contribution < 1.29 is 18.1 Å². The lowest BCUT2D eigenvalue weighted by atomic mass is 10.1. The minimum Gasteiger partial charge on any atom is -0.337 e. The molecule has 1 atom stereocenters. The second-order valence-electron chi connectivity index (χ2n) is 8.64. The Morgan fingerprint density at radius 1 is 0.710 bits per heavy atom. The fourth-order valence-electron chi connectivity index (χ4n) is 3.53. The molecule has 0 aromatic carbocycles. The zero-order valence-electron chi connectivity index (χ0n) is 20.7. The van der Waals surface area contributed by atoms with Crippen LogP contribution >= 0.6 is 7.82 Å². The van der Waals surface area contributed by atoms with Crippen molar-refractivity contribution in [2.24, 2.45) is 0 Å². The lowest BCUT2D eigenvalue weighted by Gasteiger charge is -2.32. The van der Waals surface area contributed by atoms with Gasteiger partial charge in [0, 0.05) is 26.0 Å². The molecule has 0 amide bonds. The molecule has 0 aromatic rings. The Labute approximate surface area is 192 Å². The van der Waals surface area contributed by atoms with Gasteiger partial charge in [-0.1, -0.05) is 91.4 Å². The molecule has 0 spiro atoms. The van der Waals surface area contributed by atoms with Gasteiger partial charge in [-0.05, 0) is 19.3 Å². The third-order valence-electron chi connectivity index (χ3n) is 5.61. The largest absolute Gasteiger partial charge is 0.478 e. The Hall–Kier alpha value is -0.550. The summed E-state index contributed by atoms with van der Waals surface area (Å²) in [6, 6.07) is 0. The third-order valence-corrected chi connectivity index (χ3v) is 7.06. The molecular formula is C24H49N2O4P. The second-order valence-corrected chi connectivity index (χ2v) is 10.3. The standard InChI is InChI=1S/C24H49N2O4P/c1-5-8-11-12-13-14-15-16-17-18-19-26-21-20-25(4)24(26)30-31(27,28-22-9-6-2)29-23-10-7-3/h20-21,24H,5-19,22-23H2,1-4H3. The van der Waals surface area contributed by atoms with Gasteiger partial charge in [0.25, 0.3) is 0 Å². The second kappa shape index (κ2) is 17.9. The highest BCUT2D eigenvalue weighted by atomic mass is 31.2. The van der Waals surface area contributed by atoms with Crippen LogP contribution in [-0.4, -0.2) is 43.0 Å². The van der Waals surface area contributed by atoms with Crippen molar-refractivity contribution in [3.05, 3.63) is 12.4 Å². The maximum absolute atomic E-state index is 13.2. The predicted octanol–water partition coefficient (Wildman–Crippen LogP) is 7.67. The first-order chi connectivity index (χ1) is 15.1. The van der Waals surface area contributed by atoms with E-state index in [1.54, 1.807) is 0 Å². The van der Waals surface area contributed by atoms with E-state index >= 15 is 0 Å². The number of unbranched alkanes of at least 4 members (excludes halogenated alkanes) is 11. The molecule has 0 bridgehead atoms.